The highest BCUT2D eigenvalue weighted by molar-refractivity contribution is 5.96. The van der Waals surface area contributed by atoms with E-state index in [0.29, 0.717) is 12.1 Å². The van der Waals surface area contributed by atoms with Gasteiger partial charge < -0.3 is 20.4 Å². The highest BCUT2D eigenvalue weighted by Crippen LogP contribution is 2.32. The van der Waals surface area contributed by atoms with Crippen LogP contribution < -0.4 is 10.6 Å². The molecule has 2 bridgehead atoms. The molecule has 2 saturated heterocycles. The van der Waals surface area contributed by atoms with Crippen molar-refractivity contribution in [3.8, 4) is 0 Å². The van der Waals surface area contributed by atoms with Gasteiger partial charge in [0.15, 0.2) is 0 Å². The van der Waals surface area contributed by atoms with Gasteiger partial charge in [0.05, 0.1) is 11.9 Å². The van der Waals surface area contributed by atoms with Crippen molar-refractivity contribution in [1.29, 1.82) is 0 Å². The third-order valence-electron chi connectivity index (χ3n) is 5.18. The van der Waals surface area contributed by atoms with E-state index in [1.165, 1.54) is 26.4 Å². The lowest BCUT2D eigenvalue weighted by Gasteiger charge is -2.47. The number of benzene rings is 1. The zero-order valence-electron chi connectivity index (χ0n) is 14.4. The minimum atomic E-state index is -0.152. The van der Waals surface area contributed by atoms with Gasteiger partial charge in [-0.3, -0.25) is 0 Å². The maximum absolute atomic E-state index is 12.4. The van der Waals surface area contributed by atoms with Crippen LogP contribution in [-0.4, -0.2) is 49.4 Å². The van der Waals surface area contributed by atoms with E-state index in [1.807, 2.05) is 24.3 Å². The van der Waals surface area contributed by atoms with Crippen molar-refractivity contribution in [3.63, 3.8) is 0 Å². The summed E-state index contributed by atoms with van der Waals surface area (Å²) in [4.78, 5) is 19.6. The Morgan fingerprint density at radius 1 is 1.29 bits per heavy atom. The summed E-state index contributed by atoms with van der Waals surface area (Å²) in [5.41, 5.74) is 1.54. The van der Waals surface area contributed by atoms with Gasteiger partial charge in [-0.05, 0) is 38.8 Å². The molecule has 6 heteroatoms. The van der Waals surface area contributed by atoms with Crippen LogP contribution >= 0.6 is 0 Å². The Labute approximate surface area is 143 Å². The highest BCUT2D eigenvalue weighted by Gasteiger charge is 2.36. The number of piperidine rings is 2. The predicted octanol–water partition coefficient (Wildman–Crippen LogP) is 2.80. The summed E-state index contributed by atoms with van der Waals surface area (Å²) in [6.45, 7) is 0. The Hall–Kier alpha value is -2.08. The molecule has 6 nitrogen and oxygen atoms in total. The molecule has 2 N–H and O–H groups in total. The van der Waals surface area contributed by atoms with Crippen LogP contribution in [0.1, 0.15) is 37.7 Å². The lowest BCUT2D eigenvalue weighted by Crippen LogP contribution is -2.55. The molecule has 2 amide bonds. The first kappa shape index (κ1) is 16.8. The summed E-state index contributed by atoms with van der Waals surface area (Å²) in [5.74, 6) is 0. The van der Waals surface area contributed by atoms with E-state index in [-0.39, 0.29) is 12.1 Å². The third-order valence-corrected chi connectivity index (χ3v) is 5.18. The minimum Gasteiger partial charge on any atom is -0.399 e. The molecule has 1 aromatic carbocycles. The molecule has 0 aromatic heterocycles. The Balaban J connectivity index is 1.59. The Morgan fingerprint density at radius 2 is 2.00 bits per heavy atom. The van der Waals surface area contributed by atoms with E-state index in [0.717, 1.165) is 24.1 Å². The maximum Gasteiger partial charge on any atom is 0.319 e. The second-order valence-corrected chi connectivity index (χ2v) is 6.68. The average Bonchev–Trinajstić information content (AvgIpc) is 2.55. The molecule has 0 aliphatic carbocycles. The fourth-order valence-corrected chi connectivity index (χ4v) is 3.91. The predicted molar refractivity (Wildman–Crippen MR) is 95.4 cm³/mol. The number of urea groups is 1. The summed E-state index contributed by atoms with van der Waals surface area (Å²) < 4.78 is 0. The summed E-state index contributed by atoms with van der Waals surface area (Å²) in [5, 5.41) is 9.85. The van der Waals surface area contributed by atoms with Gasteiger partial charge in [-0.2, -0.15) is 0 Å². The summed E-state index contributed by atoms with van der Waals surface area (Å²) >= 11 is 0. The van der Waals surface area contributed by atoms with Crippen LogP contribution in [0.25, 0.3) is 0 Å². The Morgan fingerprint density at radius 3 is 2.71 bits per heavy atom. The van der Waals surface area contributed by atoms with Crippen molar-refractivity contribution < 1.29 is 9.63 Å². The van der Waals surface area contributed by atoms with E-state index >= 15 is 0 Å². The fourth-order valence-electron chi connectivity index (χ4n) is 3.91. The number of carbonyl (C=O) groups is 1. The highest BCUT2D eigenvalue weighted by atomic mass is 16.6. The number of nitrogens with zero attached hydrogens (tertiary/aromatic N) is 2. The number of carbonyl (C=O) groups excluding carboxylic acids is 1. The second kappa shape index (κ2) is 7.66. The van der Waals surface area contributed by atoms with E-state index in [4.69, 9.17) is 4.84 Å². The minimum absolute atomic E-state index is 0.152. The van der Waals surface area contributed by atoms with Gasteiger partial charge >= 0.3 is 6.03 Å². The lowest BCUT2D eigenvalue weighted by molar-refractivity contribution is 0.0513. The normalized spacial score (nSPS) is 27.0. The van der Waals surface area contributed by atoms with Crippen molar-refractivity contribution >= 4 is 17.9 Å². The van der Waals surface area contributed by atoms with Crippen LogP contribution in [-0.2, 0) is 4.84 Å². The topological polar surface area (TPSA) is 66.0 Å². The molecular weight excluding hydrogens is 304 g/mol. The zero-order chi connectivity index (χ0) is 16.9. The molecule has 1 unspecified atom stereocenters. The average molecular weight is 330 g/mol. The van der Waals surface area contributed by atoms with Gasteiger partial charge in [-0.1, -0.05) is 29.8 Å². The smallest absolute Gasteiger partial charge is 0.319 e. The van der Waals surface area contributed by atoms with Crippen LogP contribution in [0, 0.1) is 0 Å². The van der Waals surface area contributed by atoms with E-state index in [2.05, 4.69) is 27.7 Å². The standard InChI is InChI=1S/C18H26N4O2/c1-22-15-7-5-8-16(22)11-14(10-15)20-18(23)21-17-9-4-3-6-13(17)12-19-24-2/h3-4,6,9,12,14-16H,5,7-8,10-11H2,1-2H3,(H2,20,21,23)/b19-12+/t14?,15-,16+. The molecule has 3 rings (SSSR count). The van der Waals surface area contributed by atoms with Crippen molar-refractivity contribution in [2.24, 2.45) is 5.16 Å². The van der Waals surface area contributed by atoms with Crippen LogP contribution in [0.5, 0.6) is 0 Å². The number of nitrogens with one attached hydrogen (secondary N) is 2. The molecular formula is C18H26N4O2. The summed E-state index contributed by atoms with van der Waals surface area (Å²) in [6.07, 6.45) is 7.45. The number of anilines is 1. The number of rotatable bonds is 4. The number of fused-ring (bicyclic) bond motifs is 2. The van der Waals surface area contributed by atoms with Crippen LogP contribution in [0.3, 0.4) is 0 Å². The molecule has 2 aliphatic heterocycles. The number of para-hydroxylation sites is 1. The molecule has 3 atom stereocenters. The number of oxime groups is 1. The van der Waals surface area contributed by atoms with Gasteiger partial charge in [0.1, 0.15) is 7.11 Å². The second-order valence-electron chi connectivity index (χ2n) is 6.68. The lowest BCUT2D eigenvalue weighted by atomic mass is 9.82. The largest absolute Gasteiger partial charge is 0.399 e. The van der Waals surface area contributed by atoms with Gasteiger partial charge in [-0.25, -0.2) is 4.79 Å². The third kappa shape index (κ3) is 3.87. The Bertz CT molecular complexity index is 590. The molecule has 24 heavy (non-hydrogen) atoms. The van der Waals surface area contributed by atoms with Gasteiger partial charge in [0.25, 0.3) is 0 Å². The van der Waals surface area contributed by atoms with E-state index in [1.54, 1.807) is 6.21 Å². The number of hydrogen-bond acceptors (Lipinski definition) is 4. The van der Waals surface area contributed by atoms with Crippen molar-refractivity contribution in [2.75, 3.05) is 19.5 Å². The zero-order valence-corrected chi connectivity index (χ0v) is 14.4. The van der Waals surface area contributed by atoms with Gasteiger partial charge in [0.2, 0.25) is 0 Å². The monoisotopic (exact) mass is 330 g/mol. The fraction of sp³-hybridized carbons (Fsp3) is 0.556. The summed E-state index contributed by atoms with van der Waals surface area (Å²) in [6, 6.07) is 8.83. The molecule has 2 aliphatic rings. The molecule has 130 valence electrons. The molecule has 1 aromatic rings. The molecule has 0 spiro atoms. The van der Waals surface area contributed by atoms with E-state index < -0.39 is 0 Å². The number of hydrogen-bond donors (Lipinski definition) is 2. The quantitative estimate of drug-likeness (QED) is 0.659. The van der Waals surface area contributed by atoms with Crippen LogP contribution in [0.4, 0.5) is 10.5 Å². The van der Waals surface area contributed by atoms with Crippen molar-refractivity contribution in [3.05, 3.63) is 29.8 Å². The van der Waals surface area contributed by atoms with Gasteiger partial charge in [0, 0.05) is 23.7 Å². The SMILES string of the molecule is CO/N=C/c1ccccc1NC(=O)NC1C[C@H]2CCC[C@@H](C1)N2C. The van der Waals surface area contributed by atoms with Crippen LogP contribution in [0.15, 0.2) is 29.4 Å². The van der Waals surface area contributed by atoms with Crippen molar-refractivity contribution in [2.45, 2.75) is 50.2 Å². The van der Waals surface area contributed by atoms with Gasteiger partial charge in [-0.15, -0.1) is 0 Å². The molecule has 2 fully saturated rings. The molecule has 0 radical (unpaired) electrons. The first-order chi connectivity index (χ1) is 11.7. The molecule has 2 heterocycles. The van der Waals surface area contributed by atoms with Crippen LogP contribution in [0.2, 0.25) is 0 Å². The molecule has 0 saturated carbocycles. The first-order valence-corrected chi connectivity index (χ1v) is 8.62. The van der Waals surface area contributed by atoms with E-state index in [9.17, 15) is 4.79 Å². The Kier molecular flexibility index (Phi) is 5.35. The maximum atomic E-state index is 12.4. The first-order valence-electron chi connectivity index (χ1n) is 8.62. The summed E-state index contributed by atoms with van der Waals surface area (Å²) in [7, 11) is 3.71. The van der Waals surface area contributed by atoms with Crippen molar-refractivity contribution in [1.82, 2.24) is 10.2 Å². The number of amides is 2.